The molecule has 1 aromatic carbocycles. The van der Waals surface area contributed by atoms with Crippen LogP contribution in [0.1, 0.15) is 37.0 Å². The number of carboxylic acid groups (broad SMARTS) is 1. The average molecular weight is 352 g/mol. The van der Waals surface area contributed by atoms with Crippen LogP contribution in [-0.4, -0.2) is 35.9 Å². The fourth-order valence-corrected chi connectivity index (χ4v) is 5.22. The Labute approximate surface area is 133 Å². The molecule has 116 valence electrons. The molecular formula is C13H15Cl2NO4S. The van der Waals surface area contributed by atoms with Gasteiger partial charge in [0.15, 0.2) is 0 Å². The van der Waals surface area contributed by atoms with Gasteiger partial charge < -0.3 is 5.11 Å². The fourth-order valence-electron chi connectivity index (χ4n) is 2.54. The number of sulfonamides is 1. The maximum atomic E-state index is 12.8. The van der Waals surface area contributed by atoms with Gasteiger partial charge in [0.25, 0.3) is 0 Å². The van der Waals surface area contributed by atoms with Crippen molar-refractivity contribution in [1.82, 2.24) is 4.31 Å². The molecule has 5 nitrogen and oxygen atoms in total. The molecule has 1 fully saturated rings. The van der Waals surface area contributed by atoms with Crippen LogP contribution >= 0.6 is 23.2 Å². The van der Waals surface area contributed by atoms with Crippen molar-refractivity contribution in [2.75, 3.05) is 6.54 Å². The lowest BCUT2D eigenvalue weighted by Gasteiger charge is -2.30. The zero-order chi connectivity index (χ0) is 16.0. The molecule has 0 radical (unpaired) electrons. The Morgan fingerprint density at radius 1 is 1.29 bits per heavy atom. The van der Waals surface area contributed by atoms with Crippen molar-refractivity contribution in [2.45, 2.75) is 37.1 Å². The summed E-state index contributed by atoms with van der Waals surface area (Å²) in [5, 5.41) is 8.91. The number of rotatable bonds is 3. The van der Waals surface area contributed by atoms with Crippen molar-refractivity contribution in [3.63, 3.8) is 0 Å². The van der Waals surface area contributed by atoms with Gasteiger partial charge in [-0.25, -0.2) is 13.2 Å². The van der Waals surface area contributed by atoms with E-state index in [0.717, 1.165) is 25.0 Å². The zero-order valence-electron chi connectivity index (χ0n) is 11.6. The highest BCUT2D eigenvalue weighted by atomic mass is 35.5. The Morgan fingerprint density at radius 3 is 2.38 bits per heavy atom. The summed E-state index contributed by atoms with van der Waals surface area (Å²) in [6.07, 6.45) is 1.49. The van der Waals surface area contributed by atoms with E-state index >= 15 is 0 Å². The lowest BCUT2D eigenvalue weighted by molar-refractivity contribution is 0.0697. The SMILES string of the molecule is CC1(C)CCCN1S(=O)(=O)c1cc(C(=O)O)c(Cl)cc1Cl. The van der Waals surface area contributed by atoms with Gasteiger partial charge in [-0.2, -0.15) is 4.31 Å². The Hall–Kier alpha value is -0.820. The van der Waals surface area contributed by atoms with Crippen molar-refractivity contribution >= 4 is 39.2 Å². The lowest BCUT2D eigenvalue weighted by atomic mass is 10.0. The second-order valence-electron chi connectivity index (χ2n) is 5.56. The zero-order valence-corrected chi connectivity index (χ0v) is 13.9. The summed E-state index contributed by atoms with van der Waals surface area (Å²) in [6, 6.07) is 2.18. The number of carboxylic acids is 1. The highest BCUT2D eigenvalue weighted by Crippen LogP contribution is 2.37. The fraction of sp³-hybridized carbons (Fsp3) is 0.462. The molecule has 0 amide bonds. The summed E-state index contributed by atoms with van der Waals surface area (Å²) < 4.78 is 26.9. The minimum absolute atomic E-state index is 0.0762. The van der Waals surface area contributed by atoms with Gasteiger partial charge in [-0.15, -0.1) is 0 Å². The molecule has 1 aromatic rings. The van der Waals surface area contributed by atoms with E-state index in [0.29, 0.717) is 6.54 Å². The van der Waals surface area contributed by atoms with Crippen molar-refractivity contribution in [3.05, 3.63) is 27.7 Å². The summed E-state index contributed by atoms with van der Waals surface area (Å²) in [5.41, 5.74) is -0.804. The van der Waals surface area contributed by atoms with E-state index in [-0.39, 0.29) is 20.5 Å². The van der Waals surface area contributed by atoms with E-state index in [1.165, 1.54) is 4.31 Å². The second kappa shape index (κ2) is 5.43. The normalized spacial score (nSPS) is 18.9. The van der Waals surface area contributed by atoms with Gasteiger partial charge in [-0.3, -0.25) is 0 Å². The number of nitrogens with zero attached hydrogens (tertiary/aromatic N) is 1. The Kier molecular flexibility index (Phi) is 4.28. The number of benzene rings is 1. The van der Waals surface area contributed by atoms with Crippen LogP contribution in [0.4, 0.5) is 0 Å². The molecule has 0 bridgehead atoms. The first kappa shape index (κ1) is 16.5. The smallest absolute Gasteiger partial charge is 0.337 e. The predicted molar refractivity (Wildman–Crippen MR) is 80.6 cm³/mol. The van der Waals surface area contributed by atoms with Crippen molar-refractivity contribution in [3.8, 4) is 0 Å². The van der Waals surface area contributed by atoms with E-state index in [1.807, 2.05) is 13.8 Å². The lowest BCUT2D eigenvalue weighted by Crippen LogP contribution is -2.42. The molecule has 2 rings (SSSR count). The molecule has 1 saturated heterocycles. The molecule has 1 N–H and O–H groups in total. The van der Waals surface area contributed by atoms with Crippen LogP contribution in [0.25, 0.3) is 0 Å². The largest absolute Gasteiger partial charge is 0.478 e. The van der Waals surface area contributed by atoms with Gasteiger partial charge in [0.1, 0.15) is 4.90 Å². The summed E-state index contributed by atoms with van der Waals surface area (Å²) in [6.45, 7) is 4.05. The minimum atomic E-state index is -3.87. The van der Waals surface area contributed by atoms with Crippen LogP contribution in [0, 0.1) is 0 Å². The van der Waals surface area contributed by atoms with E-state index in [9.17, 15) is 13.2 Å². The molecule has 0 atom stereocenters. The molecule has 21 heavy (non-hydrogen) atoms. The standard InChI is InChI=1S/C13H15Cl2NO4S/c1-13(2)4-3-5-16(13)21(19,20)11-6-8(12(17)18)9(14)7-10(11)15/h6-7H,3-5H2,1-2H3,(H,17,18). The van der Waals surface area contributed by atoms with Crippen molar-refractivity contribution < 1.29 is 18.3 Å². The van der Waals surface area contributed by atoms with Crippen LogP contribution in [0.5, 0.6) is 0 Å². The van der Waals surface area contributed by atoms with Crippen LogP contribution in [0.15, 0.2) is 17.0 Å². The first-order valence-corrected chi connectivity index (χ1v) is 8.52. The molecule has 0 spiro atoms. The third-order valence-electron chi connectivity index (χ3n) is 3.64. The van der Waals surface area contributed by atoms with Crippen LogP contribution in [0.3, 0.4) is 0 Å². The highest BCUT2D eigenvalue weighted by Gasteiger charge is 2.42. The first-order valence-electron chi connectivity index (χ1n) is 6.32. The third kappa shape index (κ3) is 2.90. The van der Waals surface area contributed by atoms with Gasteiger partial charge in [-0.05, 0) is 38.8 Å². The van der Waals surface area contributed by atoms with Gasteiger partial charge in [0, 0.05) is 12.1 Å². The summed E-state index contributed by atoms with van der Waals surface area (Å²) in [7, 11) is -3.87. The van der Waals surface area contributed by atoms with E-state index < -0.39 is 21.5 Å². The number of aromatic carboxylic acids is 1. The molecule has 0 saturated carbocycles. The van der Waals surface area contributed by atoms with Gasteiger partial charge in [0.05, 0.1) is 15.6 Å². The van der Waals surface area contributed by atoms with Gasteiger partial charge in [-0.1, -0.05) is 23.2 Å². The molecule has 1 aliphatic rings. The topological polar surface area (TPSA) is 74.7 Å². The minimum Gasteiger partial charge on any atom is -0.478 e. The number of halogens is 2. The first-order chi connectivity index (χ1) is 9.57. The summed E-state index contributed by atoms with van der Waals surface area (Å²) in [4.78, 5) is 10.9. The maximum Gasteiger partial charge on any atom is 0.337 e. The molecule has 0 aliphatic carbocycles. The van der Waals surface area contributed by atoms with Crippen molar-refractivity contribution in [1.29, 1.82) is 0 Å². The van der Waals surface area contributed by atoms with E-state index in [4.69, 9.17) is 28.3 Å². The van der Waals surface area contributed by atoms with Crippen LogP contribution < -0.4 is 0 Å². The van der Waals surface area contributed by atoms with Gasteiger partial charge >= 0.3 is 5.97 Å². The van der Waals surface area contributed by atoms with E-state index in [1.54, 1.807) is 0 Å². The molecular weight excluding hydrogens is 337 g/mol. The Morgan fingerprint density at radius 2 is 1.90 bits per heavy atom. The molecule has 0 unspecified atom stereocenters. The number of hydrogen-bond acceptors (Lipinski definition) is 3. The monoisotopic (exact) mass is 351 g/mol. The second-order valence-corrected chi connectivity index (χ2v) is 8.21. The van der Waals surface area contributed by atoms with Crippen LogP contribution in [0.2, 0.25) is 10.0 Å². The summed E-state index contributed by atoms with van der Waals surface area (Å²) in [5.74, 6) is -1.30. The Balaban J connectivity index is 2.60. The Bertz CT molecular complexity index is 700. The molecule has 1 aliphatic heterocycles. The summed E-state index contributed by atoms with van der Waals surface area (Å²) >= 11 is 11.8. The highest BCUT2D eigenvalue weighted by molar-refractivity contribution is 7.89. The third-order valence-corrected chi connectivity index (χ3v) is 6.53. The quantitative estimate of drug-likeness (QED) is 0.906. The van der Waals surface area contributed by atoms with Crippen LogP contribution in [-0.2, 0) is 10.0 Å². The predicted octanol–water partition coefficient (Wildman–Crippen LogP) is 3.25. The maximum absolute atomic E-state index is 12.8. The molecule has 1 heterocycles. The van der Waals surface area contributed by atoms with Crippen molar-refractivity contribution in [2.24, 2.45) is 0 Å². The number of carbonyl (C=O) groups is 1. The molecule has 8 heteroatoms. The molecule has 0 aromatic heterocycles. The average Bonchev–Trinajstić information content (AvgIpc) is 2.68. The van der Waals surface area contributed by atoms with E-state index in [2.05, 4.69) is 0 Å². The number of hydrogen-bond donors (Lipinski definition) is 1. The van der Waals surface area contributed by atoms with Gasteiger partial charge in [0.2, 0.25) is 10.0 Å².